The fourth-order valence-electron chi connectivity index (χ4n) is 2.04. The van der Waals surface area contributed by atoms with E-state index in [1.807, 2.05) is 6.92 Å². The van der Waals surface area contributed by atoms with E-state index < -0.39 is 0 Å². The van der Waals surface area contributed by atoms with E-state index in [-0.39, 0.29) is 24.2 Å². The van der Waals surface area contributed by atoms with Crippen LogP contribution in [0.3, 0.4) is 0 Å². The predicted octanol–water partition coefficient (Wildman–Crippen LogP) is 0.847. The van der Waals surface area contributed by atoms with Crippen LogP contribution in [0.4, 0.5) is 0 Å². The fraction of sp³-hybridized carbons (Fsp3) is 0.909. The molecule has 0 spiro atoms. The summed E-state index contributed by atoms with van der Waals surface area (Å²) in [7, 11) is 1.43. The summed E-state index contributed by atoms with van der Waals surface area (Å²) >= 11 is 0. The number of hydrogen-bond acceptors (Lipinski definition) is 4. The molecule has 0 bridgehead atoms. The van der Waals surface area contributed by atoms with Gasteiger partial charge in [-0.05, 0) is 32.6 Å². The molecule has 4 heteroatoms. The summed E-state index contributed by atoms with van der Waals surface area (Å²) in [5.74, 6) is -0.194. The first kappa shape index (κ1) is 10.9. The Hall–Kier alpha value is -0.610. The van der Waals surface area contributed by atoms with E-state index in [2.05, 4.69) is 5.32 Å². The maximum absolute atomic E-state index is 11.6. The molecule has 1 aliphatic heterocycles. The summed E-state index contributed by atoms with van der Waals surface area (Å²) in [6, 6.07) is 0.223. The van der Waals surface area contributed by atoms with Crippen LogP contribution in [-0.2, 0) is 14.3 Å². The summed E-state index contributed by atoms with van der Waals surface area (Å²) in [5.41, 5.74) is 0. The van der Waals surface area contributed by atoms with E-state index >= 15 is 0 Å². The van der Waals surface area contributed by atoms with Crippen molar-refractivity contribution in [1.29, 1.82) is 0 Å². The van der Waals surface area contributed by atoms with Crippen LogP contribution in [-0.4, -0.2) is 37.4 Å². The Bertz CT molecular complexity index is 240. The number of nitrogens with one attached hydrogen (secondary N) is 1. The van der Waals surface area contributed by atoms with E-state index in [1.54, 1.807) is 0 Å². The Morgan fingerprint density at radius 2 is 2.13 bits per heavy atom. The Kier molecular flexibility index (Phi) is 3.26. The highest BCUT2D eigenvalue weighted by molar-refractivity contribution is 5.76. The zero-order valence-electron chi connectivity index (χ0n) is 9.36. The largest absolute Gasteiger partial charge is 0.468 e. The Morgan fingerprint density at radius 3 is 2.60 bits per heavy atom. The molecule has 1 aliphatic carbocycles. The quantitative estimate of drug-likeness (QED) is 0.703. The molecular formula is C11H19NO3. The number of rotatable bonds is 4. The summed E-state index contributed by atoms with van der Waals surface area (Å²) in [4.78, 5) is 11.6. The minimum atomic E-state index is -0.271. The van der Waals surface area contributed by atoms with Crippen LogP contribution in [0.5, 0.6) is 0 Å². The molecule has 1 saturated heterocycles. The van der Waals surface area contributed by atoms with Gasteiger partial charge in [0.2, 0.25) is 0 Å². The van der Waals surface area contributed by atoms with E-state index in [4.69, 9.17) is 9.47 Å². The van der Waals surface area contributed by atoms with E-state index in [1.165, 1.54) is 7.11 Å². The number of hydrogen-bond donors (Lipinski definition) is 1. The molecule has 1 saturated carbocycles. The molecule has 3 atom stereocenters. The number of ether oxygens (including phenoxy) is 2. The standard InChI is InChI=1S/C11H19NO3/c1-7-3-6-9(15-7)10(11(13)14-2)12-8-4-5-8/h7-10,12H,3-6H2,1-2H3. The van der Waals surface area contributed by atoms with Crippen LogP contribution < -0.4 is 5.32 Å². The van der Waals surface area contributed by atoms with Crippen molar-refractivity contribution in [1.82, 2.24) is 5.32 Å². The van der Waals surface area contributed by atoms with Gasteiger partial charge in [0, 0.05) is 6.04 Å². The second kappa shape index (κ2) is 4.49. The molecule has 2 rings (SSSR count). The SMILES string of the molecule is COC(=O)C(NC1CC1)C1CCC(C)O1. The molecule has 3 unspecified atom stereocenters. The highest BCUT2D eigenvalue weighted by Crippen LogP contribution is 2.26. The van der Waals surface area contributed by atoms with Crippen LogP contribution in [0.2, 0.25) is 0 Å². The maximum atomic E-state index is 11.6. The van der Waals surface area contributed by atoms with Crippen LogP contribution in [0.1, 0.15) is 32.6 Å². The number of carbonyl (C=O) groups excluding carboxylic acids is 1. The van der Waals surface area contributed by atoms with Crippen LogP contribution in [0.15, 0.2) is 0 Å². The second-order valence-electron chi connectivity index (χ2n) is 4.50. The van der Waals surface area contributed by atoms with E-state index in [9.17, 15) is 4.79 Å². The number of esters is 1. The zero-order valence-corrected chi connectivity index (χ0v) is 9.36. The van der Waals surface area contributed by atoms with E-state index in [0.717, 1.165) is 25.7 Å². The topological polar surface area (TPSA) is 47.6 Å². The Morgan fingerprint density at radius 1 is 1.40 bits per heavy atom. The summed E-state index contributed by atoms with van der Waals surface area (Å²) in [6.07, 6.45) is 4.56. The Labute approximate surface area is 90.3 Å². The van der Waals surface area contributed by atoms with Gasteiger partial charge in [-0.15, -0.1) is 0 Å². The molecule has 0 aromatic carbocycles. The van der Waals surface area contributed by atoms with Crippen LogP contribution in [0.25, 0.3) is 0 Å². The summed E-state index contributed by atoms with van der Waals surface area (Å²) in [5, 5.41) is 3.30. The maximum Gasteiger partial charge on any atom is 0.325 e. The molecule has 0 aromatic heterocycles. The fourth-order valence-corrected chi connectivity index (χ4v) is 2.04. The minimum absolute atomic E-state index is 0.00644. The molecule has 2 fully saturated rings. The summed E-state index contributed by atoms with van der Waals surface area (Å²) < 4.78 is 10.5. The van der Waals surface area contributed by atoms with Crippen molar-refractivity contribution in [3.63, 3.8) is 0 Å². The smallest absolute Gasteiger partial charge is 0.325 e. The average Bonchev–Trinajstić information content (AvgIpc) is 2.96. The van der Waals surface area contributed by atoms with E-state index in [0.29, 0.717) is 6.04 Å². The van der Waals surface area contributed by atoms with Crippen molar-refractivity contribution in [2.24, 2.45) is 0 Å². The third-order valence-corrected chi connectivity index (χ3v) is 3.08. The van der Waals surface area contributed by atoms with Crippen LogP contribution in [0, 0.1) is 0 Å². The first-order chi connectivity index (χ1) is 7.20. The van der Waals surface area contributed by atoms with Gasteiger partial charge in [-0.2, -0.15) is 0 Å². The molecule has 0 aromatic rings. The lowest BCUT2D eigenvalue weighted by molar-refractivity contribution is -0.147. The lowest BCUT2D eigenvalue weighted by Crippen LogP contribution is -2.47. The molecule has 1 heterocycles. The molecule has 15 heavy (non-hydrogen) atoms. The monoisotopic (exact) mass is 213 g/mol. The second-order valence-corrected chi connectivity index (χ2v) is 4.50. The van der Waals surface area contributed by atoms with Gasteiger partial charge < -0.3 is 9.47 Å². The van der Waals surface area contributed by atoms with Crippen molar-refractivity contribution in [2.75, 3.05) is 7.11 Å². The van der Waals surface area contributed by atoms with Crippen molar-refractivity contribution >= 4 is 5.97 Å². The normalized spacial score (nSPS) is 32.7. The third kappa shape index (κ3) is 2.69. The highest BCUT2D eigenvalue weighted by atomic mass is 16.5. The predicted molar refractivity (Wildman–Crippen MR) is 55.5 cm³/mol. The molecule has 4 nitrogen and oxygen atoms in total. The lowest BCUT2D eigenvalue weighted by Gasteiger charge is -2.22. The van der Waals surface area contributed by atoms with Crippen molar-refractivity contribution in [3.8, 4) is 0 Å². The van der Waals surface area contributed by atoms with Gasteiger partial charge in [0.05, 0.1) is 19.3 Å². The van der Waals surface area contributed by atoms with Crippen molar-refractivity contribution < 1.29 is 14.3 Å². The molecule has 1 N–H and O–H groups in total. The first-order valence-corrected chi connectivity index (χ1v) is 5.70. The van der Waals surface area contributed by atoms with Crippen molar-refractivity contribution in [2.45, 2.75) is 56.9 Å². The van der Waals surface area contributed by atoms with Crippen molar-refractivity contribution in [3.05, 3.63) is 0 Å². The molecular weight excluding hydrogens is 194 g/mol. The molecule has 0 amide bonds. The molecule has 86 valence electrons. The molecule has 0 radical (unpaired) electrons. The lowest BCUT2D eigenvalue weighted by atomic mass is 10.1. The van der Waals surface area contributed by atoms with Gasteiger partial charge in [0.25, 0.3) is 0 Å². The third-order valence-electron chi connectivity index (χ3n) is 3.08. The van der Waals surface area contributed by atoms with Crippen LogP contribution >= 0.6 is 0 Å². The number of methoxy groups -OCH3 is 1. The molecule has 2 aliphatic rings. The minimum Gasteiger partial charge on any atom is -0.468 e. The first-order valence-electron chi connectivity index (χ1n) is 5.70. The highest BCUT2D eigenvalue weighted by Gasteiger charge is 2.38. The Balaban J connectivity index is 1.93. The van der Waals surface area contributed by atoms with Gasteiger partial charge in [-0.25, -0.2) is 0 Å². The van der Waals surface area contributed by atoms with Gasteiger partial charge in [-0.3, -0.25) is 10.1 Å². The van der Waals surface area contributed by atoms with Gasteiger partial charge in [0.1, 0.15) is 6.04 Å². The van der Waals surface area contributed by atoms with Gasteiger partial charge >= 0.3 is 5.97 Å². The average molecular weight is 213 g/mol. The van der Waals surface area contributed by atoms with Gasteiger partial charge in [-0.1, -0.05) is 0 Å². The summed E-state index contributed by atoms with van der Waals surface area (Å²) in [6.45, 7) is 2.05. The zero-order chi connectivity index (χ0) is 10.8. The number of carbonyl (C=O) groups is 1. The van der Waals surface area contributed by atoms with Gasteiger partial charge in [0.15, 0.2) is 0 Å².